The highest BCUT2D eigenvalue weighted by atomic mass is 19.4. The molecule has 1 heterocycles. The van der Waals surface area contributed by atoms with Crippen LogP contribution in [0.3, 0.4) is 0 Å². The van der Waals surface area contributed by atoms with E-state index in [1.54, 1.807) is 0 Å². The number of hydrogen-bond acceptors (Lipinski definition) is 2. The molecule has 0 radical (unpaired) electrons. The molecule has 1 aliphatic carbocycles. The van der Waals surface area contributed by atoms with Crippen LogP contribution >= 0.6 is 0 Å². The monoisotopic (exact) mass is 480 g/mol. The molecule has 180 valence electrons. The Balaban J connectivity index is 1.49. The van der Waals surface area contributed by atoms with Crippen molar-refractivity contribution in [1.82, 2.24) is 0 Å². The van der Waals surface area contributed by atoms with E-state index in [1.807, 2.05) is 0 Å². The Morgan fingerprint density at radius 3 is 2.18 bits per heavy atom. The van der Waals surface area contributed by atoms with Gasteiger partial charge in [-0.05, 0) is 54.2 Å². The molecule has 1 aliphatic heterocycles. The zero-order valence-corrected chi connectivity index (χ0v) is 18.4. The number of fused-ring (bicyclic) bond motifs is 1. The van der Waals surface area contributed by atoms with Gasteiger partial charge in [0.1, 0.15) is 11.6 Å². The number of halogens is 6. The summed E-state index contributed by atoms with van der Waals surface area (Å²) in [5.74, 6) is 5.34. The van der Waals surface area contributed by atoms with Crippen LogP contribution in [-0.2, 0) is 9.47 Å². The largest absolute Gasteiger partial charge is 0.458 e. The topological polar surface area (TPSA) is 18.5 Å². The number of hydrogen-bond donors (Lipinski definition) is 0. The first kappa shape index (κ1) is 24.4. The van der Waals surface area contributed by atoms with Gasteiger partial charge in [-0.2, -0.15) is 13.2 Å². The van der Waals surface area contributed by atoms with Gasteiger partial charge in [0.25, 0.3) is 0 Å². The first-order chi connectivity index (χ1) is 16.1. The third-order valence-electron chi connectivity index (χ3n) is 6.39. The SMILES string of the molecule is CC1CCC(C2COC(C#Cc3cc(F)c4c(F)c(C#CC(F)(F)F)c(F)cc4c3)OC2)CC1. The lowest BCUT2D eigenvalue weighted by Gasteiger charge is -2.36. The van der Waals surface area contributed by atoms with Gasteiger partial charge in [-0.25, -0.2) is 13.2 Å². The van der Waals surface area contributed by atoms with Crippen LogP contribution in [0.25, 0.3) is 10.8 Å². The molecular formula is C26H22F6O2. The average Bonchev–Trinajstić information content (AvgIpc) is 2.77. The maximum absolute atomic E-state index is 14.6. The van der Waals surface area contributed by atoms with Gasteiger partial charge >= 0.3 is 6.18 Å². The van der Waals surface area contributed by atoms with E-state index in [0.717, 1.165) is 36.8 Å². The molecule has 0 atom stereocenters. The fraction of sp³-hybridized carbons (Fsp3) is 0.462. The first-order valence-electron chi connectivity index (χ1n) is 11.1. The summed E-state index contributed by atoms with van der Waals surface area (Å²) in [6, 6.07) is 2.90. The van der Waals surface area contributed by atoms with Crippen LogP contribution in [-0.4, -0.2) is 25.7 Å². The summed E-state index contributed by atoms with van der Waals surface area (Å²) < 4.78 is 91.6. The van der Waals surface area contributed by atoms with Crippen LogP contribution in [0.2, 0.25) is 0 Å². The van der Waals surface area contributed by atoms with Crippen LogP contribution in [0.1, 0.15) is 43.7 Å². The van der Waals surface area contributed by atoms with E-state index in [9.17, 15) is 26.3 Å². The first-order valence-corrected chi connectivity index (χ1v) is 11.1. The molecule has 0 amide bonds. The van der Waals surface area contributed by atoms with E-state index < -0.39 is 40.9 Å². The molecule has 1 saturated carbocycles. The fourth-order valence-electron chi connectivity index (χ4n) is 4.51. The van der Waals surface area contributed by atoms with Crippen LogP contribution in [0, 0.1) is 58.9 Å². The third kappa shape index (κ3) is 5.68. The molecular weight excluding hydrogens is 458 g/mol. The van der Waals surface area contributed by atoms with Crippen LogP contribution in [0.5, 0.6) is 0 Å². The summed E-state index contributed by atoms with van der Waals surface area (Å²) in [4.78, 5) is 0. The smallest absolute Gasteiger partial charge is 0.342 e. The Kier molecular flexibility index (Phi) is 7.12. The minimum Gasteiger partial charge on any atom is -0.342 e. The molecule has 1 saturated heterocycles. The van der Waals surface area contributed by atoms with Crippen molar-refractivity contribution in [3.63, 3.8) is 0 Å². The molecule has 2 aromatic carbocycles. The molecule has 2 aromatic rings. The van der Waals surface area contributed by atoms with Gasteiger partial charge in [-0.1, -0.05) is 31.6 Å². The van der Waals surface area contributed by atoms with E-state index >= 15 is 0 Å². The van der Waals surface area contributed by atoms with Crippen LogP contribution in [0.4, 0.5) is 26.3 Å². The van der Waals surface area contributed by atoms with Crippen molar-refractivity contribution in [2.45, 2.75) is 45.1 Å². The van der Waals surface area contributed by atoms with Gasteiger partial charge in [0.2, 0.25) is 6.29 Å². The number of alkyl halides is 3. The van der Waals surface area contributed by atoms with E-state index in [-0.39, 0.29) is 10.9 Å². The van der Waals surface area contributed by atoms with Crippen molar-refractivity contribution in [3.05, 3.63) is 46.8 Å². The van der Waals surface area contributed by atoms with Gasteiger partial charge in [0, 0.05) is 17.4 Å². The molecule has 0 unspecified atom stereocenters. The number of benzene rings is 2. The van der Waals surface area contributed by atoms with Crippen LogP contribution in [0.15, 0.2) is 18.2 Å². The summed E-state index contributed by atoms with van der Waals surface area (Å²) in [6.07, 6.45) is -1.02. The highest BCUT2D eigenvalue weighted by Gasteiger charge is 2.30. The molecule has 0 bridgehead atoms. The molecule has 0 aromatic heterocycles. The molecule has 4 rings (SSSR count). The molecule has 8 heteroatoms. The molecule has 0 N–H and O–H groups in total. The summed E-state index contributed by atoms with van der Waals surface area (Å²) >= 11 is 0. The summed E-state index contributed by atoms with van der Waals surface area (Å²) in [5.41, 5.74) is -1.03. The van der Waals surface area contributed by atoms with E-state index in [4.69, 9.17) is 9.47 Å². The lowest BCUT2D eigenvalue weighted by atomic mass is 9.76. The van der Waals surface area contributed by atoms with Gasteiger partial charge in [-0.15, -0.1) is 0 Å². The highest BCUT2D eigenvalue weighted by molar-refractivity contribution is 5.87. The Hall–Kier alpha value is -2.68. The fourth-order valence-corrected chi connectivity index (χ4v) is 4.51. The van der Waals surface area contributed by atoms with E-state index in [2.05, 4.69) is 18.8 Å². The summed E-state index contributed by atoms with van der Waals surface area (Å²) in [5, 5.41) is -0.845. The lowest BCUT2D eigenvalue weighted by molar-refractivity contribution is -0.180. The second-order valence-corrected chi connectivity index (χ2v) is 8.90. The second-order valence-electron chi connectivity index (χ2n) is 8.90. The van der Waals surface area contributed by atoms with Gasteiger partial charge in [0.05, 0.1) is 24.2 Å². The predicted molar refractivity (Wildman–Crippen MR) is 114 cm³/mol. The zero-order chi connectivity index (χ0) is 24.5. The van der Waals surface area contributed by atoms with Crippen molar-refractivity contribution in [3.8, 4) is 23.7 Å². The summed E-state index contributed by atoms with van der Waals surface area (Å²) in [6.45, 7) is 3.29. The average molecular weight is 480 g/mol. The standard InChI is InChI=1S/C26H22F6O2/c1-15-2-5-17(6-3-15)19-13-33-23(34-14-19)7-4-16-10-18-12-21(27)20(8-9-26(30,31)32)25(29)24(18)22(28)11-16/h10-12,15,17,19,23H,2-3,5-6,13-14H2,1H3. The molecule has 2 nitrogen and oxygen atoms in total. The Morgan fingerprint density at radius 1 is 0.853 bits per heavy atom. The normalized spacial score (nSPS) is 25.3. The maximum atomic E-state index is 14.6. The van der Waals surface area contributed by atoms with Crippen molar-refractivity contribution < 1.29 is 35.8 Å². The summed E-state index contributed by atoms with van der Waals surface area (Å²) in [7, 11) is 0. The predicted octanol–water partition coefficient (Wildman–Crippen LogP) is 6.34. The van der Waals surface area contributed by atoms with Crippen LogP contribution < -0.4 is 0 Å². The zero-order valence-electron chi connectivity index (χ0n) is 18.4. The van der Waals surface area contributed by atoms with Crippen molar-refractivity contribution in [2.75, 3.05) is 13.2 Å². The number of ether oxygens (including phenoxy) is 2. The van der Waals surface area contributed by atoms with Crippen molar-refractivity contribution in [1.29, 1.82) is 0 Å². The maximum Gasteiger partial charge on any atom is 0.458 e. The molecule has 2 fully saturated rings. The number of rotatable bonds is 1. The highest BCUT2D eigenvalue weighted by Crippen LogP contribution is 2.35. The van der Waals surface area contributed by atoms with E-state index in [0.29, 0.717) is 25.0 Å². The molecule has 0 spiro atoms. The minimum atomic E-state index is -4.94. The van der Waals surface area contributed by atoms with E-state index in [1.165, 1.54) is 24.8 Å². The lowest BCUT2D eigenvalue weighted by Crippen LogP contribution is -2.36. The molecule has 2 aliphatic rings. The van der Waals surface area contributed by atoms with Gasteiger partial charge in [-0.3, -0.25) is 0 Å². The minimum absolute atomic E-state index is 0.119. The van der Waals surface area contributed by atoms with Gasteiger partial charge < -0.3 is 9.47 Å². The van der Waals surface area contributed by atoms with Gasteiger partial charge in [0.15, 0.2) is 5.82 Å². The van der Waals surface area contributed by atoms with Crippen molar-refractivity contribution >= 4 is 10.8 Å². The quantitative estimate of drug-likeness (QED) is 0.351. The van der Waals surface area contributed by atoms with Crippen molar-refractivity contribution in [2.24, 2.45) is 17.8 Å². The Bertz CT molecular complexity index is 1180. The second kappa shape index (κ2) is 9.90. The Morgan fingerprint density at radius 2 is 1.53 bits per heavy atom. The third-order valence-corrected chi connectivity index (χ3v) is 6.39. The molecule has 34 heavy (non-hydrogen) atoms. The Labute approximate surface area is 193 Å².